The van der Waals surface area contributed by atoms with Gasteiger partial charge in [-0.25, -0.2) is 0 Å². The van der Waals surface area contributed by atoms with Gasteiger partial charge in [0.05, 0.1) is 5.56 Å². The molecule has 0 radical (unpaired) electrons. The summed E-state index contributed by atoms with van der Waals surface area (Å²) >= 11 is 3.25. The van der Waals surface area contributed by atoms with Gasteiger partial charge in [0.1, 0.15) is 4.83 Å². The molecule has 0 bridgehead atoms. The Morgan fingerprint density at radius 1 is 1.05 bits per heavy atom. The van der Waals surface area contributed by atoms with Crippen LogP contribution in [0.3, 0.4) is 0 Å². The van der Waals surface area contributed by atoms with E-state index in [1.807, 2.05) is 0 Å². The van der Waals surface area contributed by atoms with Crippen LogP contribution >= 0.6 is 32.9 Å². The highest BCUT2D eigenvalue weighted by molar-refractivity contribution is 9.09. The minimum atomic E-state index is -4.40. The molecule has 1 atom stereocenters. The summed E-state index contributed by atoms with van der Waals surface area (Å²) in [5.41, 5.74) is 0.144. The molecule has 112 valence electrons. The second-order valence-electron chi connectivity index (χ2n) is 4.08. The second-order valence-corrected chi connectivity index (χ2v) is 5.00. The quantitative estimate of drug-likeness (QED) is 0.512. The molecule has 0 amide bonds. The molecule has 2 nitrogen and oxygen atoms in total. The maximum atomic E-state index is 12.4. The van der Waals surface area contributed by atoms with Crippen molar-refractivity contribution in [1.82, 2.24) is 4.98 Å². The third-order valence-electron chi connectivity index (χ3n) is 2.73. The minimum Gasteiger partial charge on any atom is -0.293 e. The number of halogens is 5. The van der Waals surface area contributed by atoms with E-state index in [0.717, 1.165) is 12.1 Å². The van der Waals surface area contributed by atoms with Gasteiger partial charge in [0.25, 0.3) is 0 Å². The van der Waals surface area contributed by atoms with E-state index in [9.17, 15) is 18.0 Å². The predicted molar refractivity (Wildman–Crippen MR) is 82.0 cm³/mol. The molecule has 1 aromatic carbocycles. The molecular weight excluding hydrogens is 415 g/mol. The first-order chi connectivity index (χ1) is 9.39. The van der Waals surface area contributed by atoms with E-state index >= 15 is 0 Å². The molecule has 7 heteroatoms. The average Bonchev–Trinajstić information content (AvgIpc) is 2.46. The molecule has 1 heterocycles. The van der Waals surface area contributed by atoms with Gasteiger partial charge in [0, 0.05) is 18.0 Å². The van der Waals surface area contributed by atoms with E-state index in [2.05, 4.69) is 20.9 Å². The van der Waals surface area contributed by atoms with Gasteiger partial charge < -0.3 is 0 Å². The van der Waals surface area contributed by atoms with Crippen LogP contribution in [0.2, 0.25) is 0 Å². The lowest BCUT2D eigenvalue weighted by molar-refractivity contribution is -0.137. The molecule has 2 rings (SSSR count). The number of Topliss-reactive ketones (excluding diaryl/α,β-unsaturated/α-hetero) is 1. The Morgan fingerprint density at radius 3 is 2.05 bits per heavy atom. The first-order valence-electron chi connectivity index (χ1n) is 5.65. The number of pyridine rings is 1. The third kappa shape index (κ3) is 4.38. The highest BCUT2D eigenvalue weighted by atomic mass is 79.9. The normalized spacial score (nSPS) is 12.4. The lowest BCUT2D eigenvalue weighted by atomic mass is 10.0. The molecule has 0 N–H and O–H groups in total. The number of alkyl halides is 4. The minimum absolute atomic E-state index is 0. The number of benzene rings is 1. The molecule has 0 aliphatic heterocycles. The molecule has 0 saturated carbocycles. The van der Waals surface area contributed by atoms with Crippen LogP contribution in [-0.4, -0.2) is 10.8 Å². The molecule has 0 aliphatic rings. The Balaban J connectivity index is 0.00000220. The van der Waals surface area contributed by atoms with Crippen molar-refractivity contribution in [2.45, 2.75) is 11.0 Å². The maximum Gasteiger partial charge on any atom is 0.416 e. The molecule has 1 aromatic heterocycles. The summed E-state index contributed by atoms with van der Waals surface area (Å²) in [4.78, 5) is 15.4. The summed E-state index contributed by atoms with van der Waals surface area (Å²) in [6, 6.07) is 7.50. The summed E-state index contributed by atoms with van der Waals surface area (Å²) in [5, 5.41) is 0. The van der Waals surface area contributed by atoms with Crippen molar-refractivity contribution >= 4 is 38.7 Å². The van der Waals surface area contributed by atoms with Crippen LogP contribution in [0.25, 0.3) is 0 Å². The van der Waals surface area contributed by atoms with Gasteiger partial charge >= 0.3 is 6.18 Å². The van der Waals surface area contributed by atoms with E-state index in [-0.39, 0.29) is 28.3 Å². The van der Waals surface area contributed by atoms with Gasteiger partial charge in [-0.3, -0.25) is 9.78 Å². The van der Waals surface area contributed by atoms with E-state index in [1.54, 1.807) is 24.5 Å². The number of ketones is 1. The van der Waals surface area contributed by atoms with Crippen molar-refractivity contribution in [1.29, 1.82) is 0 Å². The number of hydrogen-bond acceptors (Lipinski definition) is 2. The first kappa shape index (κ1) is 17.8. The fourth-order valence-corrected chi connectivity index (χ4v) is 2.22. The highest BCUT2D eigenvalue weighted by Gasteiger charge is 2.30. The second kappa shape index (κ2) is 7.17. The lowest BCUT2D eigenvalue weighted by Gasteiger charge is -2.10. The van der Waals surface area contributed by atoms with E-state index in [0.29, 0.717) is 5.56 Å². The average molecular weight is 425 g/mol. The number of carbonyl (C=O) groups is 1. The van der Waals surface area contributed by atoms with Gasteiger partial charge in [0.15, 0.2) is 5.78 Å². The topological polar surface area (TPSA) is 30.0 Å². The predicted octanol–water partition coefficient (Wildman–Crippen LogP) is 5.00. The number of rotatable bonds is 3. The van der Waals surface area contributed by atoms with Gasteiger partial charge in [-0.05, 0) is 29.8 Å². The summed E-state index contributed by atoms with van der Waals surface area (Å²) in [5.74, 6) is -0.301. The van der Waals surface area contributed by atoms with Crippen LogP contribution in [0.1, 0.15) is 26.3 Å². The van der Waals surface area contributed by atoms with Crippen molar-refractivity contribution in [3.05, 3.63) is 65.5 Å². The zero-order chi connectivity index (χ0) is 14.8. The van der Waals surface area contributed by atoms with Crippen LogP contribution < -0.4 is 0 Å². The van der Waals surface area contributed by atoms with Gasteiger partial charge in [-0.1, -0.05) is 28.1 Å². The Bertz CT molecular complexity index is 600. The van der Waals surface area contributed by atoms with Gasteiger partial charge in [-0.15, -0.1) is 17.0 Å². The van der Waals surface area contributed by atoms with Crippen molar-refractivity contribution < 1.29 is 18.0 Å². The summed E-state index contributed by atoms with van der Waals surface area (Å²) in [6.07, 6.45) is -1.31. The largest absolute Gasteiger partial charge is 0.416 e. The third-order valence-corrected chi connectivity index (χ3v) is 3.67. The fourth-order valence-electron chi connectivity index (χ4n) is 1.65. The lowest BCUT2D eigenvalue weighted by Crippen LogP contribution is -2.09. The van der Waals surface area contributed by atoms with Gasteiger partial charge in [0.2, 0.25) is 0 Å². The Kier molecular flexibility index (Phi) is 6.10. The molecule has 21 heavy (non-hydrogen) atoms. The van der Waals surface area contributed by atoms with Crippen molar-refractivity contribution in [3.8, 4) is 0 Å². The molecule has 1 unspecified atom stereocenters. The highest BCUT2D eigenvalue weighted by Crippen LogP contribution is 2.31. The van der Waals surface area contributed by atoms with Gasteiger partial charge in [-0.2, -0.15) is 13.2 Å². The van der Waals surface area contributed by atoms with Crippen LogP contribution in [0, 0.1) is 0 Å². The molecular formula is C14H10Br2F3NO. The van der Waals surface area contributed by atoms with Crippen LogP contribution in [0.15, 0.2) is 48.8 Å². The Labute approximate surface area is 138 Å². The molecule has 0 fully saturated rings. The van der Waals surface area contributed by atoms with Crippen LogP contribution in [0.4, 0.5) is 13.2 Å². The maximum absolute atomic E-state index is 12.4. The monoisotopic (exact) mass is 423 g/mol. The van der Waals surface area contributed by atoms with Crippen LogP contribution in [-0.2, 0) is 6.18 Å². The van der Waals surface area contributed by atoms with Crippen LogP contribution in [0.5, 0.6) is 0 Å². The standard InChI is InChI=1S/C14H9BrF3NO.BrH/c15-12(9-5-7-19-8-6-9)13(20)10-1-3-11(4-2-10)14(16,17)18;/h1-8,12H;1H. The zero-order valence-electron chi connectivity index (χ0n) is 10.5. The summed E-state index contributed by atoms with van der Waals surface area (Å²) in [6.45, 7) is 0. The van der Waals surface area contributed by atoms with Crippen molar-refractivity contribution in [3.63, 3.8) is 0 Å². The Hall–Kier alpha value is -1.21. The number of aromatic nitrogens is 1. The zero-order valence-corrected chi connectivity index (χ0v) is 13.8. The SMILES string of the molecule is Br.O=C(c1ccc(C(F)(F)F)cc1)C(Br)c1ccncc1. The van der Waals surface area contributed by atoms with E-state index in [4.69, 9.17) is 0 Å². The fraction of sp³-hybridized carbons (Fsp3) is 0.143. The molecule has 0 saturated heterocycles. The first-order valence-corrected chi connectivity index (χ1v) is 6.56. The molecule has 0 aliphatic carbocycles. The molecule has 0 spiro atoms. The number of carbonyl (C=O) groups excluding carboxylic acids is 1. The molecule has 2 aromatic rings. The summed E-state index contributed by atoms with van der Waals surface area (Å²) < 4.78 is 37.3. The van der Waals surface area contributed by atoms with E-state index in [1.165, 1.54) is 12.1 Å². The Morgan fingerprint density at radius 2 is 1.57 bits per heavy atom. The number of nitrogens with zero attached hydrogens (tertiary/aromatic N) is 1. The smallest absolute Gasteiger partial charge is 0.293 e. The number of hydrogen-bond donors (Lipinski definition) is 0. The van der Waals surface area contributed by atoms with Crippen molar-refractivity contribution in [2.75, 3.05) is 0 Å². The van der Waals surface area contributed by atoms with E-state index < -0.39 is 16.6 Å². The van der Waals surface area contributed by atoms with Crippen molar-refractivity contribution in [2.24, 2.45) is 0 Å². The summed E-state index contributed by atoms with van der Waals surface area (Å²) in [7, 11) is 0.